The van der Waals surface area contributed by atoms with Crippen molar-refractivity contribution >= 4 is 17.7 Å². The number of hydrogen-bond acceptors (Lipinski definition) is 6. The molecule has 0 spiro atoms. The minimum Gasteiger partial charge on any atom is -0.381 e. The molecule has 1 amide bonds. The van der Waals surface area contributed by atoms with Crippen molar-refractivity contribution in [1.82, 2.24) is 9.97 Å². The van der Waals surface area contributed by atoms with E-state index in [1.165, 1.54) is 6.20 Å². The molecule has 7 heteroatoms. The first-order valence-corrected chi connectivity index (χ1v) is 8.93. The normalized spacial score (nSPS) is 22.3. The second kappa shape index (κ2) is 7.99. The monoisotopic (exact) mass is 349 g/mol. The largest absolute Gasteiger partial charge is 0.381 e. The Morgan fingerprint density at radius 3 is 2.48 bits per heavy atom. The molecule has 1 heterocycles. The van der Waals surface area contributed by atoms with Crippen LogP contribution in [0.15, 0.2) is 6.20 Å². The van der Waals surface area contributed by atoms with Crippen LogP contribution in [0.2, 0.25) is 0 Å². The fourth-order valence-electron chi connectivity index (χ4n) is 2.79. The summed E-state index contributed by atoms with van der Waals surface area (Å²) in [5.74, 6) is 0.475. The van der Waals surface area contributed by atoms with Gasteiger partial charge >= 0.3 is 0 Å². The van der Waals surface area contributed by atoms with E-state index in [0.717, 1.165) is 25.7 Å². The fourth-order valence-corrected chi connectivity index (χ4v) is 2.79. The van der Waals surface area contributed by atoms with E-state index in [2.05, 4.69) is 48.3 Å². The van der Waals surface area contributed by atoms with Crippen molar-refractivity contribution in [2.75, 3.05) is 17.7 Å². The molecule has 0 bridgehead atoms. The molecular weight excluding hydrogens is 318 g/mol. The lowest BCUT2D eigenvalue weighted by molar-refractivity contribution is 0.0681. The maximum atomic E-state index is 11.7. The van der Waals surface area contributed by atoms with Gasteiger partial charge in [0, 0.05) is 25.4 Å². The van der Waals surface area contributed by atoms with Crippen molar-refractivity contribution in [3.05, 3.63) is 11.8 Å². The van der Waals surface area contributed by atoms with Crippen LogP contribution in [0.3, 0.4) is 0 Å². The molecule has 2 rings (SSSR count). The van der Waals surface area contributed by atoms with Crippen molar-refractivity contribution in [1.29, 1.82) is 0 Å². The Balaban J connectivity index is 2.12. The zero-order chi connectivity index (χ0) is 18.6. The number of nitrogens with zero attached hydrogens (tertiary/aromatic N) is 2. The smallest absolute Gasteiger partial charge is 0.254 e. The maximum Gasteiger partial charge on any atom is 0.254 e. The van der Waals surface area contributed by atoms with Crippen LogP contribution in [-0.4, -0.2) is 41.2 Å². The summed E-state index contributed by atoms with van der Waals surface area (Å²) in [6.45, 7) is 8.45. The van der Waals surface area contributed by atoms with Crippen molar-refractivity contribution < 1.29 is 9.53 Å². The molecule has 1 atom stereocenters. The summed E-state index contributed by atoms with van der Waals surface area (Å²) in [5.41, 5.74) is 5.80. The number of rotatable bonds is 6. The number of nitrogens with one attached hydrogen (secondary N) is 2. The third kappa shape index (κ3) is 5.29. The Morgan fingerprint density at radius 2 is 1.96 bits per heavy atom. The van der Waals surface area contributed by atoms with E-state index in [1.54, 1.807) is 7.11 Å². The Bertz CT molecular complexity index is 592. The molecule has 25 heavy (non-hydrogen) atoms. The van der Waals surface area contributed by atoms with Crippen molar-refractivity contribution in [2.24, 2.45) is 11.1 Å². The molecule has 7 nitrogen and oxygen atoms in total. The maximum absolute atomic E-state index is 11.7. The van der Waals surface area contributed by atoms with Gasteiger partial charge < -0.3 is 21.1 Å². The molecular formula is C18H31N5O2. The average molecular weight is 349 g/mol. The zero-order valence-corrected chi connectivity index (χ0v) is 15.9. The van der Waals surface area contributed by atoms with Crippen molar-refractivity contribution in [3.63, 3.8) is 0 Å². The van der Waals surface area contributed by atoms with Crippen molar-refractivity contribution in [3.8, 4) is 0 Å². The van der Waals surface area contributed by atoms with Crippen LogP contribution in [0.25, 0.3) is 0 Å². The molecule has 1 aromatic heterocycles. The zero-order valence-electron chi connectivity index (χ0n) is 15.9. The van der Waals surface area contributed by atoms with E-state index in [9.17, 15) is 4.79 Å². The summed E-state index contributed by atoms with van der Waals surface area (Å²) in [6, 6.07) is 0.434. The molecule has 1 aliphatic carbocycles. The summed E-state index contributed by atoms with van der Waals surface area (Å²) in [5, 5.41) is 6.69. The summed E-state index contributed by atoms with van der Waals surface area (Å²) in [7, 11) is 1.76. The number of nitrogens with two attached hydrogens (primary N) is 1. The van der Waals surface area contributed by atoms with Gasteiger partial charge in [0.05, 0.1) is 11.7 Å². The lowest BCUT2D eigenvalue weighted by atomic mass is 9.88. The highest BCUT2D eigenvalue weighted by Crippen LogP contribution is 2.26. The third-order valence-electron chi connectivity index (χ3n) is 5.05. The summed E-state index contributed by atoms with van der Waals surface area (Å²) in [4.78, 5) is 20.5. The van der Waals surface area contributed by atoms with Gasteiger partial charge in [0.1, 0.15) is 5.82 Å². The number of anilines is 2. The van der Waals surface area contributed by atoms with E-state index in [0.29, 0.717) is 29.5 Å². The van der Waals surface area contributed by atoms with Gasteiger partial charge in [-0.3, -0.25) is 4.79 Å². The highest BCUT2D eigenvalue weighted by atomic mass is 16.5. The van der Waals surface area contributed by atoms with Gasteiger partial charge in [-0.25, -0.2) is 4.98 Å². The standard InChI is InChI=1S/C18H31N5O2/c1-11(18(2,3)4)21-16-14(15(19)24)10-20-17(23-16)22-12-6-8-13(25-5)9-7-12/h10-13H,6-9H2,1-5H3,(H2,19,24)(H2,20,21,22,23)/t11-,12-,13-/m0/s1. The van der Waals surface area contributed by atoms with E-state index in [-0.39, 0.29) is 11.5 Å². The molecule has 0 aliphatic heterocycles. The Hall–Kier alpha value is -1.89. The summed E-state index contributed by atoms with van der Waals surface area (Å²) in [6.07, 6.45) is 5.93. The molecule has 1 fully saturated rings. The predicted octanol–water partition coefficient (Wildman–Crippen LogP) is 2.79. The fraction of sp³-hybridized carbons (Fsp3) is 0.722. The molecule has 0 aromatic carbocycles. The minimum absolute atomic E-state index is 0.0198. The predicted molar refractivity (Wildman–Crippen MR) is 99.8 cm³/mol. The van der Waals surface area contributed by atoms with Crippen LogP contribution in [0.1, 0.15) is 63.7 Å². The lowest BCUT2D eigenvalue weighted by Gasteiger charge is -2.30. The summed E-state index contributed by atoms with van der Waals surface area (Å²) >= 11 is 0. The van der Waals surface area contributed by atoms with Gasteiger partial charge in [-0.2, -0.15) is 4.98 Å². The molecule has 140 valence electrons. The number of carbonyl (C=O) groups is 1. The lowest BCUT2D eigenvalue weighted by Crippen LogP contribution is -2.33. The van der Waals surface area contributed by atoms with Crippen LogP contribution < -0.4 is 16.4 Å². The van der Waals surface area contributed by atoms with Gasteiger partial charge in [-0.05, 0) is 38.0 Å². The minimum atomic E-state index is -0.532. The van der Waals surface area contributed by atoms with E-state index in [4.69, 9.17) is 10.5 Å². The van der Waals surface area contributed by atoms with Crippen LogP contribution in [0, 0.1) is 5.41 Å². The Kier molecular flexibility index (Phi) is 6.21. The molecule has 0 radical (unpaired) electrons. The topological polar surface area (TPSA) is 102 Å². The van der Waals surface area contributed by atoms with Crippen LogP contribution in [0.4, 0.5) is 11.8 Å². The first-order chi connectivity index (χ1) is 11.7. The highest BCUT2D eigenvalue weighted by molar-refractivity contribution is 5.97. The van der Waals surface area contributed by atoms with Crippen molar-refractivity contribution in [2.45, 2.75) is 71.6 Å². The highest BCUT2D eigenvalue weighted by Gasteiger charge is 2.24. The Morgan fingerprint density at radius 1 is 1.32 bits per heavy atom. The Labute approximate surface area is 150 Å². The molecule has 1 aliphatic rings. The number of methoxy groups -OCH3 is 1. The van der Waals surface area contributed by atoms with Gasteiger partial charge in [0.2, 0.25) is 5.95 Å². The van der Waals surface area contributed by atoms with E-state index in [1.807, 2.05) is 0 Å². The first-order valence-electron chi connectivity index (χ1n) is 8.93. The molecule has 4 N–H and O–H groups in total. The van der Waals surface area contributed by atoms with Crippen LogP contribution in [0.5, 0.6) is 0 Å². The molecule has 0 unspecified atom stereocenters. The van der Waals surface area contributed by atoms with Gasteiger partial charge in [-0.15, -0.1) is 0 Å². The van der Waals surface area contributed by atoms with E-state index >= 15 is 0 Å². The average Bonchev–Trinajstić information content (AvgIpc) is 2.54. The molecule has 0 saturated heterocycles. The number of aromatic nitrogens is 2. The number of primary amides is 1. The van der Waals surface area contributed by atoms with Crippen LogP contribution >= 0.6 is 0 Å². The number of ether oxygens (including phenoxy) is 1. The van der Waals surface area contributed by atoms with E-state index < -0.39 is 5.91 Å². The second-order valence-corrected chi connectivity index (χ2v) is 7.91. The quantitative estimate of drug-likeness (QED) is 0.730. The number of carbonyl (C=O) groups excluding carboxylic acids is 1. The number of hydrogen-bond donors (Lipinski definition) is 3. The van der Waals surface area contributed by atoms with Gasteiger partial charge in [0.25, 0.3) is 5.91 Å². The number of amides is 1. The van der Waals surface area contributed by atoms with Gasteiger partial charge in [0.15, 0.2) is 0 Å². The summed E-state index contributed by atoms with van der Waals surface area (Å²) < 4.78 is 5.41. The molecule has 1 saturated carbocycles. The van der Waals surface area contributed by atoms with Gasteiger partial charge in [-0.1, -0.05) is 20.8 Å². The molecule has 1 aromatic rings. The first kappa shape index (κ1) is 19.4. The third-order valence-corrected chi connectivity index (χ3v) is 5.05. The van der Waals surface area contributed by atoms with Crippen LogP contribution in [-0.2, 0) is 4.74 Å². The SMILES string of the molecule is CO[C@H]1CC[C@H](Nc2ncc(C(N)=O)c(N[C@@H](C)C(C)(C)C)n2)CC1. The second-order valence-electron chi connectivity index (χ2n) is 7.91.